The molecule has 5 nitrogen and oxygen atoms in total. The fourth-order valence-corrected chi connectivity index (χ4v) is 2.05. The highest BCUT2D eigenvalue weighted by atomic mass is 16.3. The van der Waals surface area contributed by atoms with Gasteiger partial charge < -0.3 is 5.11 Å². The van der Waals surface area contributed by atoms with Gasteiger partial charge in [0.2, 0.25) is 0 Å². The molecule has 0 bridgehead atoms. The number of para-hydroxylation sites is 2. The first-order valence-corrected chi connectivity index (χ1v) is 6.99. The van der Waals surface area contributed by atoms with Crippen LogP contribution in [0.5, 0.6) is 5.75 Å². The van der Waals surface area contributed by atoms with Crippen LogP contribution in [0.15, 0.2) is 59.7 Å². The minimum absolute atomic E-state index is 0.00571. The largest absolute Gasteiger partial charge is 0.507 e. The van der Waals surface area contributed by atoms with E-state index in [1.807, 2.05) is 30.3 Å². The predicted molar refractivity (Wildman–Crippen MR) is 88.1 cm³/mol. The molecule has 0 spiro atoms. The molecule has 5 heteroatoms. The number of ketones is 1. The van der Waals surface area contributed by atoms with Crippen molar-refractivity contribution in [2.75, 3.05) is 12.2 Å². The number of aromatic hydroxyl groups is 1. The van der Waals surface area contributed by atoms with Gasteiger partial charge in [0.15, 0.2) is 5.78 Å². The van der Waals surface area contributed by atoms with E-state index in [2.05, 4.69) is 10.5 Å². The van der Waals surface area contributed by atoms with Crippen LogP contribution in [0.2, 0.25) is 0 Å². The van der Waals surface area contributed by atoms with Crippen molar-refractivity contribution in [3.63, 3.8) is 0 Å². The van der Waals surface area contributed by atoms with Crippen molar-refractivity contribution in [1.82, 2.24) is 5.43 Å². The summed E-state index contributed by atoms with van der Waals surface area (Å²) in [6.45, 7) is 1.78. The number of phenols is 1. The van der Waals surface area contributed by atoms with Crippen molar-refractivity contribution in [1.29, 1.82) is 0 Å². The Morgan fingerprint density at radius 1 is 1.14 bits per heavy atom. The molecule has 0 fully saturated rings. The van der Waals surface area contributed by atoms with Crippen LogP contribution in [0.3, 0.4) is 0 Å². The van der Waals surface area contributed by atoms with E-state index < -0.39 is 0 Å². The number of rotatable bonds is 6. The molecule has 0 amide bonds. The maximum Gasteiger partial charge on any atom is 0.172 e. The minimum Gasteiger partial charge on any atom is -0.507 e. The topological polar surface area (TPSA) is 64.9 Å². The summed E-state index contributed by atoms with van der Waals surface area (Å²) in [6.07, 6.45) is 0.141. The number of carbonyl (C=O) groups is 1. The van der Waals surface area contributed by atoms with Gasteiger partial charge in [0.05, 0.1) is 17.7 Å². The monoisotopic (exact) mass is 297 g/mol. The summed E-state index contributed by atoms with van der Waals surface area (Å²) in [6, 6.07) is 16.1. The fourth-order valence-electron chi connectivity index (χ4n) is 2.05. The lowest BCUT2D eigenvalue weighted by Gasteiger charge is -2.18. The third kappa shape index (κ3) is 3.93. The number of carbonyl (C=O) groups excluding carboxylic acids is 1. The number of benzene rings is 2. The number of Topliss-reactive ketones (excluding diaryl/α,β-unsaturated/α-hetero) is 1. The average Bonchev–Trinajstić information content (AvgIpc) is 2.53. The minimum atomic E-state index is -0.163. The fraction of sp³-hybridized carbons (Fsp3) is 0.176. The first-order valence-electron chi connectivity index (χ1n) is 6.99. The molecule has 2 aromatic carbocycles. The Morgan fingerprint density at radius 3 is 2.41 bits per heavy atom. The van der Waals surface area contributed by atoms with Crippen LogP contribution in [-0.2, 0) is 0 Å². The average molecular weight is 297 g/mol. The van der Waals surface area contributed by atoms with E-state index in [9.17, 15) is 9.90 Å². The maximum atomic E-state index is 12.2. The van der Waals surface area contributed by atoms with Crippen LogP contribution in [0, 0.1) is 0 Å². The van der Waals surface area contributed by atoms with Crippen molar-refractivity contribution in [3.8, 4) is 5.75 Å². The summed E-state index contributed by atoms with van der Waals surface area (Å²) < 4.78 is 0. The second kappa shape index (κ2) is 7.38. The number of hydrazone groups is 1. The molecule has 0 saturated heterocycles. The summed E-state index contributed by atoms with van der Waals surface area (Å²) >= 11 is 0. The van der Waals surface area contributed by atoms with Gasteiger partial charge in [0.25, 0.3) is 0 Å². The van der Waals surface area contributed by atoms with Crippen LogP contribution in [0.4, 0.5) is 5.69 Å². The zero-order valence-electron chi connectivity index (χ0n) is 12.7. The molecule has 2 aromatic rings. The van der Waals surface area contributed by atoms with E-state index in [0.29, 0.717) is 11.3 Å². The number of nitrogens with one attached hydrogen (secondary N) is 1. The van der Waals surface area contributed by atoms with Gasteiger partial charge in [0.1, 0.15) is 5.75 Å². The van der Waals surface area contributed by atoms with E-state index in [1.165, 1.54) is 6.07 Å². The van der Waals surface area contributed by atoms with E-state index in [0.717, 1.165) is 5.69 Å². The molecule has 0 unspecified atom stereocenters. The Balaban J connectivity index is 2.12. The second-order valence-corrected chi connectivity index (χ2v) is 4.82. The molecule has 0 saturated carbocycles. The van der Waals surface area contributed by atoms with Gasteiger partial charge >= 0.3 is 0 Å². The zero-order chi connectivity index (χ0) is 15.9. The molecule has 0 aliphatic carbocycles. The zero-order valence-corrected chi connectivity index (χ0v) is 12.7. The molecule has 0 aromatic heterocycles. The Hall–Kier alpha value is -2.66. The van der Waals surface area contributed by atoms with Gasteiger partial charge in [0, 0.05) is 12.8 Å². The number of anilines is 1. The summed E-state index contributed by atoms with van der Waals surface area (Å²) in [5, 5.41) is 15.7. The highest BCUT2D eigenvalue weighted by Gasteiger charge is 2.12. The number of nitrogens with zero attached hydrogens (tertiary/aromatic N) is 2. The lowest BCUT2D eigenvalue weighted by Crippen LogP contribution is -2.31. The summed E-state index contributed by atoms with van der Waals surface area (Å²) in [4.78, 5) is 12.2. The highest BCUT2D eigenvalue weighted by molar-refractivity contribution is 6.10. The van der Waals surface area contributed by atoms with Crippen molar-refractivity contribution in [2.45, 2.75) is 13.3 Å². The van der Waals surface area contributed by atoms with E-state index in [1.54, 1.807) is 37.3 Å². The van der Waals surface area contributed by atoms with Gasteiger partial charge in [-0.05, 0) is 31.2 Å². The van der Waals surface area contributed by atoms with Gasteiger partial charge in [-0.2, -0.15) is 10.2 Å². The maximum absolute atomic E-state index is 12.2. The van der Waals surface area contributed by atoms with Crippen LogP contribution >= 0.6 is 0 Å². The van der Waals surface area contributed by atoms with Crippen LogP contribution in [0.1, 0.15) is 23.7 Å². The Kier molecular flexibility index (Phi) is 5.27. The number of hydrogen-bond donors (Lipinski definition) is 2. The molecular formula is C17H19N3O2. The lowest BCUT2D eigenvalue weighted by atomic mass is 10.1. The summed E-state index contributed by atoms with van der Waals surface area (Å²) in [7, 11) is 1.76. The molecule has 0 heterocycles. The van der Waals surface area contributed by atoms with Crippen LogP contribution < -0.4 is 10.5 Å². The number of hydrogen-bond acceptors (Lipinski definition) is 5. The van der Waals surface area contributed by atoms with Crippen molar-refractivity contribution in [2.24, 2.45) is 5.10 Å². The predicted octanol–water partition coefficient (Wildman–Crippen LogP) is 2.98. The molecule has 114 valence electrons. The van der Waals surface area contributed by atoms with Gasteiger partial charge in [-0.15, -0.1) is 0 Å². The van der Waals surface area contributed by atoms with Gasteiger partial charge in [-0.25, -0.2) is 5.43 Å². The van der Waals surface area contributed by atoms with Gasteiger partial charge in [-0.3, -0.25) is 4.79 Å². The van der Waals surface area contributed by atoms with Crippen molar-refractivity contribution >= 4 is 17.2 Å². The molecule has 22 heavy (non-hydrogen) atoms. The Morgan fingerprint density at radius 2 is 1.77 bits per heavy atom. The van der Waals surface area contributed by atoms with E-state index in [4.69, 9.17) is 0 Å². The molecule has 0 aliphatic heterocycles. The molecule has 2 rings (SSSR count). The lowest BCUT2D eigenvalue weighted by molar-refractivity contribution is 0.0998. The van der Waals surface area contributed by atoms with E-state index in [-0.39, 0.29) is 18.0 Å². The van der Waals surface area contributed by atoms with E-state index >= 15 is 0 Å². The normalized spacial score (nSPS) is 11.3. The SMILES string of the molecule is CNN(/N=C(\C)CC(=O)c1ccccc1O)c1ccccc1. The van der Waals surface area contributed by atoms with Gasteiger partial charge in [-0.1, -0.05) is 30.3 Å². The van der Waals surface area contributed by atoms with Crippen molar-refractivity contribution in [3.05, 3.63) is 60.2 Å². The summed E-state index contributed by atoms with van der Waals surface area (Å²) in [5.41, 5.74) is 4.79. The first kappa shape index (κ1) is 15.7. The molecule has 0 aliphatic rings. The van der Waals surface area contributed by atoms with Crippen LogP contribution in [-0.4, -0.2) is 23.6 Å². The third-order valence-electron chi connectivity index (χ3n) is 3.10. The standard InChI is InChI=1S/C17H19N3O2/c1-13(12-17(22)15-10-6-7-11-16(15)21)19-20(18-2)14-8-4-3-5-9-14/h3-11,18,21H,12H2,1-2H3/b19-13+. The third-order valence-corrected chi connectivity index (χ3v) is 3.10. The second-order valence-electron chi connectivity index (χ2n) is 4.82. The first-order chi connectivity index (χ1) is 10.6. The molecule has 0 atom stereocenters. The summed E-state index contributed by atoms with van der Waals surface area (Å²) in [5.74, 6) is -0.169. The Labute approximate surface area is 129 Å². The molecule has 0 radical (unpaired) electrons. The highest BCUT2D eigenvalue weighted by Crippen LogP contribution is 2.18. The van der Waals surface area contributed by atoms with Crippen molar-refractivity contribution < 1.29 is 9.90 Å². The number of hydrazine groups is 1. The quantitative estimate of drug-likeness (QED) is 0.489. The number of phenolic OH excluding ortho intramolecular Hbond substituents is 1. The van der Waals surface area contributed by atoms with Crippen LogP contribution in [0.25, 0.3) is 0 Å². The molecule has 2 N–H and O–H groups in total. The smallest absolute Gasteiger partial charge is 0.172 e. The Bertz CT molecular complexity index is 669. The molecular weight excluding hydrogens is 278 g/mol.